The maximum atomic E-state index is 15.1. The second-order valence-electron chi connectivity index (χ2n) is 9.15. The molecule has 1 fully saturated rings. The monoisotopic (exact) mass is 463 g/mol. The zero-order valence-electron chi connectivity index (χ0n) is 19.5. The smallest absolute Gasteiger partial charge is 0.255 e. The Bertz CT molecular complexity index is 1250. The van der Waals surface area contributed by atoms with Crippen LogP contribution < -0.4 is 11.1 Å². The Morgan fingerprint density at radius 1 is 1.26 bits per heavy atom. The van der Waals surface area contributed by atoms with Gasteiger partial charge < -0.3 is 16.2 Å². The van der Waals surface area contributed by atoms with Crippen molar-refractivity contribution in [3.63, 3.8) is 0 Å². The van der Waals surface area contributed by atoms with Crippen molar-refractivity contribution >= 4 is 28.3 Å². The third kappa shape index (κ3) is 4.94. The van der Waals surface area contributed by atoms with Crippen molar-refractivity contribution < 1.29 is 19.1 Å². The largest absolute Gasteiger partial charge is 0.397 e. The second-order valence-corrected chi connectivity index (χ2v) is 9.15. The number of ketones is 1. The molecule has 4 N–H and O–H groups in total. The molecule has 3 aromatic rings. The summed E-state index contributed by atoms with van der Waals surface area (Å²) < 4.78 is 15.1. The number of anilines is 1. The number of pyridine rings is 1. The fourth-order valence-electron chi connectivity index (χ4n) is 4.30. The van der Waals surface area contributed by atoms with Gasteiger partial charge in [-0.05, 0) is 65.6 Å². The number of hydrogen-bond acceptors (Lipinski definition) is 5. The van der Waals surface area contributed by atoms with Crippen LogP contribution in [0.2, 0.25) is 0 Å². The van der Waals surface area contributed by atoms with Crippen molar-refractivity contribution in [2.24, 2.45) is 0 Å². The Morgan fingerprint density at radius 2 is 2.03 bits per heavy atom. The molecule has 0 bridgehead atoms. The molecule has 0 aliphatic heterocycles. The van der Waals surface area contributed by atoms with Gasteiger partial charge >= 0.3 is 0 Å². The zero-order valence-corrected chi connectivity index (χ0v) is 19.5. The number of aliphatic hydroxyl groups is 1. The lowest BCUT2D eigenvalue weighted by Crippen LogP contribution is -2.26. The number of Topliss-reactive ketones (excluding diaryl/α,β-unsaturated/α-hetero) is 1. The van der Waals surface area contributed by atoms with Gasteiger partial charge in [-0.2, -0.15) is 0 Å². The first kappa shape index (κ1) is 23.8. The third-order valence-electron chi connectivity index (χ3n) is 6.37. The Morgan fingerprint density at radius 3 is 2.68 bits per heavy atom. The van der Waals surface area contributed by atoms with E-state index in [2.05, 4.69) is 10.3 Å². The molecule has 0 saturated heterocycles. The van der Waals surface area contributed by atoms with Crippen LogP contribution >= 0.6 is 0 Å². The van der Waals surface area contributed by atoms with Crippen molar-refractivity contribution in [3.05, 3.63) is 59.0 Å². The van der Waals surface area contributed by atoms with E-state index >= 15 is 4.39 Å². The van der Waals surface area contributed by atoms with Crippen LogP contribution in [0.4, 0.5) is 10.1 Å². The van der Waals surface area contributed by atoms with Gasteiger partial charge in [0, 0.05) is 30.5 Å². The van der Waals surface area contributed by atoms with E-state index in [1.807, 2.05) is 13.8 Å². The molecule has 2 aromatic carbocycles. The number of nitrogen functional groups attached to an aromatic ring is 1. The summed E-state index contributed by atoms with van der Waals surface area (Å²) in [5.41, 5.74) is 9.75. The van der Waals surface area contributed by atoms with Crippen molar-refractivity contribution in [2.75, 3.05) is 5.73 Å². The number of nitrogens with two attached hydrogens (primary N) is 1. The SMILES string of the molecule is CCCC(=O)CC(C)c1ccc(-c2cc3c(N)c(C(=O)NC4CC4)cnc3cc2CO)cc1F. The number of carbonyl (C=O) groups is 2. The van der Waals surface area contributed by atoms with Gasteiger partial charge in [-0.25, -0.2) is 4.39 Å². The highest BCUT2D eigenvalue weighted by Gasteiger charge is 2.25. The summed E-state index contributed by atoms with van der Waals surface area (Å²) in [6, 6.07) is 8.55. The maximum Gasteiger partial charge on any atom is 0.255 e. The number of aromatic nitrogens is 1. The quantitative estimate of drug-likeness (QED) is 0.420. The Labute approximate surface area is 198 Å². The average molecular weight is 464 g/mol. The van der Waals surface area contributed by atoms with Crippen LogP contribution in [-0.2, 0) is 11.4 Å². The molecule has 0 spiro atoms. The summed E-state index contributed by atoms with van der Waals surface area (Å²) in [6.07, 6.45) is 4.95. The number of fused-ring (bicyclic) bond motifs is 1. The summed E-state index contributed by atoms with van der Waals surface area (Å²) in [6.45, 7) is 3.54. The lowest BCUT2D eigenvalue weighted by molar-refractivity contribution is -0.119. The molecule has 7 heteroatoms. The average Bonchev–Trinajstić information content (AvgIpc) is 3.62. The highest BCUT2D eigenvalue weighted by molar-refractivity contribution is 6.07. The molecule has 1 saturated carbocycles. The lowest BCUT2D eigenvalue weighted by atomic mass is 9.90. The van der Waals surface area contributed by atoms with Gasteiger partial charge in [-0.1, -0.05) is 26.0 Å². The molecule has 34 heavy (non-hydrogen) atoms. The van der Waals surface area contributed by atoms with Gasteiger partial charge in [0.2, 0.25) is 0 Å². The van der Waals surface area contributed by atoms with Crippen LogP contribution in [-0.4, -0.2) is 27.8 Å². The summed E-state index contributed by atoms with van der Waals surface area (Å²) in [7, 11) is 0. The minimum atomic E-state index is -0.401. The molecule has 1 atom stereocenters. The highest BCUT2D eigenvalue weighted by atomic mass is 19.1. The Kier molecular flexibility index (Phi) is 6.93. The Balaban J connectivity index is 1.71. The lowest BCUT2D eigenvalue weighted by Gasteiger charge is -2.16. The number of nitrogens with zero attached hydrogens (tertiary/aromatic N) is 1. The van der Waals surface area contributed by atoms with Crippen molar-refractivity contribution in [1.29, 1.82) is 0 Å². The predicted molar refractivity (Wildman–Crippen MR) is 131 cm³/mol. The van der Waals surface area contributed by atoms with Gasteiger partial charge in [-0.3, -0.25) is 14.6 Å². The van der Waals surface area contributed by atoms with Crippen molar-refractivity contribution in [3.8, 4) is 11.1 Å². The van der Waals surface area contributed by atoms with E-state index in [0.717, 1.165) is 19.3 Å². The van der Waals surface area contributed by atoms with Gasteiger partial charge in [0.25, 0.3) is 5.91 Å². The van der Waals surface area contributed by atoms with Gasteiger partial charge in [0.15, 0.2) is 0 Å². The number of aliphatic hydroxyl groups excluding tert-OH is 1. The van der Waals surface area contributed by atoms with E-state index in [4.69, 9.17) is 5.73 Å². The number of hydrogen-bond donors (Lipinski definition) is 3. The van der Waals surface area contributed by atoms with Gasteiger partial charge in [0.05, 0.1) is 23.4 Å². The number of nitrogens with one attached hydrogen (secondary N) is 1. The number of benzene rings is 2. The van der Waals surface area contributed by atoms with Crippen LogP contribution in [0.25, 0.3) is 22.0 Å². The molecule has 4 rings (SSSR count). The van der Waals surface area contributed by atoms with E-state index in [-0.39, 0.29) is 30.3 Å². The first-order chi connectivity index (χ1) is 16.3. The molecule has 1 amide bonds. The minimum absolute atomic E-state index is 0.125. The molecule has 1 unspecified atom stereocenters. The summed E-state index contributed by atoms with van der Waals surface area (Å²) in [4.78, 5) is 28.9. The van der Waals surface area contributed by atoms with Crippen LogP contribution in [0.15, 0.2) is 36.5 Å². The first-order valence-electron chi connectivity index (χ1n) is 11.8. The normalized spacial score (nSPS) is 14.2. The molecule has 1 heterocycles. The second kappa shape index (κ2) is 9.89. The van der Waals surface area contributed by atoms with E-state index < -0.39 is 5.82 Å². The summed E-state index contributed by atoms with van der Waals surface area (Å²) >= 11 is 0. The molecule has 6 nitrogen and oxygen atoms in total. The molecular formula is C27H30FN3O3. The van der Waals surface area contributed by atoms with E-state index in [0.29, 0.717) is 57.2 Å². The van der Waals surface area contributed by atoms with E-state index in [1.165, 1.54) is 12.3 Å². The van der Waals surface area contributed by atoms with Gasteiger partial charge in [0.1, 0.15) is 11.6 Å². The molecule has 1 aliphatic rings. The molecule has 178 valence electrons. The first-order valence-corrected chi connectivity index (χ1v) is 11.8. The van der Waals surface area contributed by atoms with Crippen LogP contribution in [0, 0.1) is 5.82 Å². The number of amides is 1. The van der Waals surface area contributed by atoms with Crippen molar-refractivity contribution in [1.82, 2.24) is 10.3 Å². The van der Waals surface area contributed by atoms with Crippen LogP contribution in [0.3, 0.4) is 0 Å². The predicted octanol–water partition coefficient (Wildman–Crippen LogP) is 4.87. The fourth-order valence-corrected chi connectivity index (χ4v) is 4.30. The third-order valence-corrected chi connectivity index (χ3v) is 6.37. The molecule has 1 aliphatic carbocycles. The summed E-state index contributed by atoms with van der Waals surface area (Å²) in [5.74, 6) is -0.763. The standard InChI is InChI=1S/C27H30FN3O3/c1-3-4-19(33)9-15(2)20-8-5-16(10-24(20)28)21-12-22-25(11-17(21)14-32)30-13-23(26(22)29)27(34)31-18-6-7-18/h5,8,10-13,15,18,32H,3-4,6-7,9,14H2,1-2H3,(H2,29,30)(H,31,34). The topological polar surface area (TPSA) is 105 Å². The molecule has 0 radical (unpaired) electrons. The zero-order chi connectivity index (χ0) is 24.4. The number of halogens is 1. The Hall–Kier alpha value is -3.32. The van der Waals surface area contributed by atoms with Crippen LogP contribution in [0.1, 0.15) is 73.4 Å². The molecular weight excluding hydrogens is 433 g/mol. The molecule has 1 aromatic heterocycles. The van der Waals surface area contributed by atoms with Gasteiger partial charge in [-0.15, -0.1) is 0 Å². The highest BCUT2D eigenvalue weighted by Crippen LogP contribution is 2.34. The number of carbonyl (C=O) groups excluding carboxylic acids is 2. The van der Waals surface area contributed by atoms with E-state index in [9.17, 15) is 14.7 Å². The minimum Gasteiger partial charge on any atom is -0.397 e. The van der Waals surface area contributed by atoms with E-state index in [1.54, 1.807) is 24.3 Å². The number of rotatable bonds is 9. The van der Waals surface area contributed by atoms with Crippen molar-refractivity contribution in [2.45, 2.75) is 64.5 Å². The summed E-state index contributed by atoms with van der Waals surface area (Å²) in [5, 5.41) is 13.5. The maximum absolute atomic E-state index is 15.1. The fraction of sp³-hybridized carbons (Fsp3) is 0.370. The van der Waals surface area contributed by atoms with Crippen LogP contribution in [0.5, 0.6) is 0 Å².